The van der Waals surface area contributed by atoms with E-state index in [1.807, 2.05) is 18.2 Å². The Kier molecular flexibility index (Phi) is 9.67. The van der Waals surface area contributed by atoms with Gasteiger partial charge in [0.05, 0.1) is 6.61 Å². The van der Waals surface area contributed by atoms with Crippen LogP contribution in [-0.2, 0) is 14.9 Å². The summed E-state index contributed by atoms with van der Waals surface area (Å²) in [6, 6.07) is 7.98. The first-order valence-electron chi connectivity index (χ1n) is 8.45. The van der Waals surface area contributed by atoms with Gasteiger partial charge >= 0.3 is 0 Å². The summed E-state index contributed by atoms with van der Waals surface area (Å²) < 4.78 is 5.06. The van der Waals surface area contributed by atoms with E-state index < -0.39 is 0 Å². The van der Waals surface area contributed by atoms with Crippen LogP contribution in [-0.4, -0.2) is 64.2 Å². The second-order valence-corrected chi connectivity index (χ2v) is 6.89. The largest absolute Gasteiger partial charge is 0.383 e. The van der Waals surface area contributed by atoms with Gasteiger partial charge in [-0.1, -0.05) is 29.8 Å². The highest BCUT2D eigenvalue weighted by Gasteiger charge is 2.45. The molecule has 1 saturated carbocycles. The molecule has 2 rings (SSSR count). The van der Waals surface area contributed by atoms with E-state index in [2.05, 4.69) is 21.7 Å². The highest BCUT2D eigenvalue weighted by atomic mass is 127. The Labute approximate surface area is 177 Å². The molecule has 0 bridgehead atoms. The minimum atomic E-state index is -0.0416. The van der Waals surface area contributed by atoms with Crippen LogP contribution in [0, 0.1) is 0 Å². The maximum Gasteiger partial charge on any atom is 0.243 e. The average Bonchev–Trinajstić information content (AvgIpc) is 3.38. The Morgan fingerprint density at radius 2 is 2.00 bits per heavy atom. The molecule has 6 nitrogen and oxygen atoms in total. The lowest BCUT2D eigenvalue weighted by molar-refractivity contribution is -0.127. The molecule has 0 radical (unpaired) electrons. The van der Waals surface area contributed by atoms with E-state index in [1.165, 1.54) is 10.5 Å². The van der Waals surface area contributed by atoms with E-state index in [0.29, 0.717) is 19.1 Å². The first kappa shape index (κ1) is 23.0. The molecule has 0 aliphatic heterocycles. The molecule has 2 N–H and O–H groups in total. The van der Waals surface area contributed by atoms with Crippen LogP contribution in [0.2, 0.25) is 5.02 Å². The monoisotopic (exact) mass is 494 g/mol. The first-order valence-corrected chi connectivity index (χ1v) is 8.82. The fourth-order valence-corrected chi connectivity index (χ4v) is 2.91. The highest BCUT2D eigenvalue weighted by Crippen LogP contribution is 2.49. The van der Waals surface area contributed by atoms with E-state index in [4.69, 9.17) is 16.3 Å². The number of carbonyl (C=O) groups is 1. The van der Waals surface area contributed by atoms with Crippen molar-refractivity contribution in [1.29, 1.82) is 0 Å². The van der Waals surface area contributed by atoms with Crippen molar-refractivity contribution in [3.05, 3.63) is 34.9 Å². The van der Waals surface area contributed by atoms with Crippen LogP contribution >= 0.6 is 35.6 Å². The van der Waals surface area contributed by atoms with Gasteiger partial charge in [0.1, 0.15) is 6.54 Å². The van der Waals surface area contributed by atoms with Crippen molar-refractivity contribution in [2.45, 2.75) is 18.3 Å². The summed E-state index contributed by atoms with van der Waals surface area (Å²) >= 11 is 6.36. The zero-order valence-electron chi connectivity index (χ0n) is 15.5. The smallest absolute Gasteiger partial charge is 0.243 e. The average molecular weight is 495 g/mol. The van der Waals surface area contributed by atoms with Gasteiger partial charge in [0.2, 0.25) is 5.91 Å². The van der Waals surface area contributed by atoms with Gasteiger partial charge in [0.25, 0.3) is 0 Å². The summed E-state index contributed by atoms with van der Waals surface area (Å²) in [6.07, 6.45) is 2.18. The van der Waals surface area contributed by atoms with Crippen molar-refractivity contribution < 1.29 is 9.53 Å². The second-order valence-electron chi connectivity index (χ2n) is 6.49. The van der Waals surface area contributed by atoms with Gasteiger partial charge in [-0.25, -0.2) is 4.99 Å². The normalized spacial score (nSPS) is 15.0. The number of guanidine groups is 1. The van der Waals surface area contributed by atoms with E-state index in [1.54, 1.807) is 21.2 Å². The predicted molar refractivity (Wildman–Crippen MR) is 117 cm³/mol. The maximum absolute atomic E-state index is 11.8. The SMILES string of the molecule is COCCNC(=NCC(=O)N(C)C)NCC1(c2ccccc2Cl)CC1.I. The van der Waals surface area contributed by atoms with Crippen LogP contribution in [0.4, 0.5) is 0 Å². The van der Waals surface area contributed by atoms with Crippen LogP contribution in [0.25, 0.3) is 0 Å². The third kappa shape index (κ3) is 6.59. The summed E-state index contributed by atoms with van der Waals surface area (Å²) in [4.78, 5) is 17.7. The minimum Gasteiger partial charge on any atom is -0.383 e. The zero-order valence-corrected chi connectivity index (χ0v) is 18.6. The molecule has 1 aliphatic rings. The third-order valence-corrected chi connectivity index (χ3v) is 4.69. The van der Waals surface area contributed by atoms with Crippen molar-refractivity contribution in [1.82, 2.24) is 15.5 Å². The Morgan fingerprint density at radius 3 is 2.58 bits per heavy atom. The maximum atomic E-state index is 11.8. The van der Waals surface area contributed by atoms with Crippen molar-refractivity contribution in [2.75, 3.05) is 47.4 Å². The third-order valence-electron chi connectivity index (χ3n) is 4.36. The number of hydrogen-bond acceptors (Lipinski definition) is 3. The summed E-state index contributed by atoms with van der Waals surface area (Å²) in [6.45, 7) is 2.02. The van der Waals surface area contributed by atoms with E-state index in [-0.39, 0.29) is 41.8 Å². The minimum absolute atomic E-state index is 0. The quantitative estimate of drug-likeness (QED) is 0.252. The lowest BCUT2D eigenvalue weighted by Gasteiger charge is -2.20. The van der Waals surface area contributed by atoms with Crippen LogP contribution < -0.4 is 10.6 Å². The summed E-state index contributed by atoms with van der Waals surface area (Å²) in [5, 5.41) is 7.35. The highest BCUT2D eigenvalue weighted by molar-refractivity contribution is 14.0. The number of aliphatic imine (C=N–C) groups is 1. The number of nitrogens with one attached hydrogen (secondary N) is 2. The van der Waals surface area contributed by atoms with Gasteiger partial charge < -0.3 is 20.3 Å². The molecule has 1 aliphatic carbocycles. The molecule has 1 aromatic carbocycles. The molecule has 0 aromatic heterocycles. The second kappa shape index (κ2) is 10.9. The van der Waals surface area contributed by atoms with E-state index in [0.717, 1.165) is 24.4 Å². The predicted octanol–water partition coefficient (Wildman–Crippen LogP) is 2.26. The fraction of sp³-hybridized carbons (Fsp3) is 0.556. The lowest BCUT2D eigenvalue weighted by atomic mass is 9.96. The lowest BCUT2D eigenvalue weighted by Crippen LogP contribution is -2.43. The number of benzene rings is 1. The number of carbonyl (C=O) groups excluding carboxylic acids is 1. The molecule has 1 fully saturated rings. The summed E-state index contributed by atoms with van der Waals surface area (Å²) in [5.74, 6) is 0.575. The van der Waals surface area contributed by atoms with Gasteiger partial charge in [-0.05, 0) is 24.5 Å². The molecular weight excluding hydrogens is 467 g/mol. The van der Waals surface area contributed by atoms with Crippen LogP contribution in [0.15, 0.2) is 29.3 Å². The molecule has 0 atom stereocenters. The Balaban J connectivity index is 0.00000338. The number of methoxy groups -OCH3 is 1. The number of likely N-dealkylation sites (N-methyl/N-ethyl adjacent to an activating group) is 1. The van der Waals surface area contributed by atoms with Gasteiger partial charge in [-0.2, -0.15) is 0 Å². The van der Waals surface area contributed by atoms with Crippen LogP contribution in [0.1, 0.15) is 18.4 Å². The van der Waals surface area contributed by atoms with Gasteiger partial charge in [-0.3, -0.25) is 4.79 Å². The molecule has 1 aromatic rings. The van der Waals surface area contributed by atoms with Gasteiger partial charge in [0, 0.05) is 44.7 Å². The summed E-state index contributed by atoms with van der Waals surface area (Å²) in [5.41, 5.74) is 1.22. The molecule has 0 unspecified atom stereocenters. The van der Waals surface area contributed by atoms with Crippen molar-refractivity contribution in [3.63, 3.8) is 0 Å². The molecule has 146 valence electrons. The molecule has 0 heterocycles. The van der Waals surface area contributed by atoms with E-state index >= 15 is 0 Å². The molecule has 8 heteroatoms. The zero-order chi connectivity index (χ0) is 18.3. The Morgan fingerprint density at radius 1 is 1.31 bits per heavy atom. The standard InChI is InChI=1S/C18H27ClN4O2.HI/c1-23(2)16(24)12-21-17(20-10-11-25-3)22-13-18(8-9-18)14-6-4-5-7-15(14)19;/h4-7H,8-13H2,1-3H3,(H2,20,21,22);1H. The number of ether oxygens (including phenoxy) is 1. The van der Waals surface area contributed by atoms with Gasteiger partial charge in [0.15, 0.2) is 5.96 Å². The molecular formula is C18H28ClIN4O2. The number of hydrogen-bond donors (Lipinski definition) is 2. The van der Waals surface area contributed by atoms with Crippen LogP contribution in [0.3, 0.4) is 0 Å². The molecule has 0 spiro atoms. The number of rotatable bonds is 8. The molecule has 1 amide bonds. The van der Waals surface area contributed by atoms with Crippen LogP contribution in [0.5, 0.6) is 0 Å². The Bertz CT molecular complexity index is 621. The molecule has 0 saturated heterocycles. The Hall–Kier alpha value is -1.06. The number of nitrogens with zero attached hydrogens (tertiary/aromatic N) is 2. The van der Waals surface area contributed by atoms with E-state index in [9.17, 15) is 4.79 Å². The first-order chi connectivity index (χ1) is 12.0. The number of amides is 1. The number of halogens is 2. The topological polar surface area (TPSA) is 66.0 Å². The van der Waals surface area contributed by atoms with Crippen molar-refractivity contribution >= 4 is 47.4 Å². The molecule has 26 heavy (non-hydrogen) atoms. The fourth-order valence-electron chi connectivity index (χ4n) is 2.57. The summed E-state index contributed by atoms with van der Waals surface area (Å²) in [7, 11) is 5.10. The van der Waals surface area contributed by atoms with Crippen molar-refractivity contribution in [2.24, 2.45) is 4.99 Å². The van der Waals surface area contributed by atoms with Crippen molar-refractivity contribution in [3.8, 4) is 0 Å². The van der Waals surface area contributed by atoms with Gasteiger partial charge in [-0.15, -0.1) is 24.0 Å².